The van der Waals surface area contributed by atoms with Gasteiger partial charge in [-0.25, -0.2) is 4.39 Å². The molecule has 0 spiro atoms. The lowest BCUT2D eigenvalue weighted by atomic mass is 10.1. The quantitative estimate of drug-likeness (QED) is 0.393. The Morgan fingerprint density at radius 1 is 1.70 bits per heavy atom. The van der Waals surface area contributed by atoms with Crippen LogP contribution >= 0.6 is 0 Å². The predicted molar refractivity (Wildman–Crippen MR) is 30.8 cm³/mol. The summed E-state index contributed by atoms with van der Waals surface area (Å²) in [5, 5.41) is 17.6. The molecule has 1 saturated heterocycles. The fourth-order valence-electron chi connectivity index (χ4n) is 0.907. The van der Waals surface area contributed by atoms with E-state index in [1.165, 1.54) is 0 Å². The van der Waals surface area contributed by atoms with Crippen LogP contribution in [0.3, 0.4) is 0 Å². The van der Waals surface area contributed by atoms with Crippen LogP contribution in [0.15, 0.2) is 0 Å². The largest absolute Gasteiger partial charge is 0.387 e. The van der Waals surface area contributed by atoms with E-state index in [4.69, 9.17) is 15.9 Å². The molecule has 0 aliphatic carbocycles. The fraction of sp³-hybridized carbons (Fsp3) is 1.00. The Kier molecular flexibility index (Phi) is 2.20. The molecule has 0 aromatic rings. The molecule has 10 heavy (non-hydrogen) atoms. The Bertz CT molecular complexity index is 121. The first-order chi connectivity index (χ1) is 4.63. The van der Waals surface area contributed by atoms with E-state index in [1.807, 2.05) is 0 Å². The van der Waals surface area contributed by atoms with Gasteiger partial charge in [-0.05, 0) is 0 Å². The lowest BCUT2D eigenvalue weighted by molar-refractivity contribution is -0.0447. The highest BCUT2D eigenvalue weighted by atomic mass is 19.1. The normalized spacial score (nSPS) is 43.8. The summed E-state index contributed by atoms with van der Waals surface area (Å²) in [7, 11) is 0. The van der Waals surface area contributed by atoms with Crippen molar-refractivity contribution in [2.75, 3.05) is 6.61 Å². The molecule has 4 N–H and O–H groups in total. The highest BCUT2D eigenvalue weighted by Crippen LogP contribution is 2.17. The molecule has 1 rings (SSSR count). The van der Waals surface area contributed by atoms with Gasteiger partial charge in [0.05, 0.1) is 6.61 Å². The third kappa shape index (κ3) is 1.27. The summed E-state index contributed by atoms with van der Waals surface area (Å²) >= 11 is 0. The van der Waals surface area contributed by atoms with Crippen molar-refractivity contribution in [2.45, 2.75) is 24.6 Å². The zero-order chi connectivity index (χ0) is 7.72. The molecular weight excluding hydrogens is 141 g/mol. The Morgan fingerprint density at radius 2 is 2.30 bits per heavy atom. The van der Waals surface area contributed by atoms with Crippen LogP contribution in [-0.4, -0.2) is 41.4 Å². The van der Waals surface area contributed by atoms with Crippen LogP contribution in [0.25, 0.3) is 0 Å². The van der Waals surface area contributed by atoms with Crippen molar-refractivity contribution in [1.29, 1.82) is 0 Å². The third-order valence-corrected chi connectivity index (χ3v) is 1.49. The minimum Gasteiger partial charge on any atom is -0.387 e. The zero-order valence-corrected chi connectivity index (χ0v) is 5.27. The maximum atomic E-state index is 12.4. The van der Waals surface area contributed by atoms with E-state index in [0.717, 1.165) is 0 Å². The van der Waals surface area contributed by atoms with E-state index in [0.29, 0.717) is 0 Å². The van der Waals surface area contributed by atoms with Crippen molar-refractivity contribution >= 4 is 0 Å². The molecular formula is C5H10FNO3. The van der Waals surface area contributed by atoms with Gasteiger partial charge in [-0.3, -0.25) is 0 Å². The lowest BCUT2D eigenvalue weighted by Crippen LogP contribution is -2.42. The van der Waals surface area contributed by atoms with Crippen molar-refractivity contribution < 1.29 is 19.3 Å². The van der Waals surface area contributed by atoms with Gasteiger partial charge in [-0.15, -0.1) is 0 Å². The van der Waals surface area contributed by atoms with Crippen LogP contribution < -0.4 is 5.73 Å². The Hall–Kier alpha value is -0.230. The molecule has 1 unspecified atom stereocenters. The van der Waals surface area contributed by atoms with Gasteiger partial charge >= 0.3 is 0 Å². The first-order valence-corrected chi connectivity index (χ1v) is 3.00. The molecule has 0 aromatic heterocycles. The van der Waals surface area contributed by atoms with Crippen LogP contribution in [-0.2, 0) is 4.74 Å². The van der Waals surface area contributed by atoms with Gasteiger partial charge in [-0.1, -0.05) is 0 Å². The average molecular weight is 151 g/mol. The van der Waals surface area contributed by atoms with E-state index in [2.05, 4.69) is 4.74 Å². The van der Waals surface area contributed by atoms with Crippen LogP contribution in [0.1, 0.15) is 0 Å². The number of alkyl halides is 1. The number of ether oxygens (including phenoxy) is 1. The molecule has 1 heterocycles. The summed E-state index contributed by atoms with van der Waals surface area (Å²) in [6.07, 6.45) is -5.01. The maximum Gasteiger partial charge on any atom is 0.152 e. The van der Waals surface area contributed by atoms with Crippen molar-refractivity contribution in [3.05, 3.63) is 0 Å². The molecule has 4 nitrogen and oxygen atoms in total. The summed E-state index contributed by atoms with van der Waals surface area (Å²) in [6.45, 7) is -0.194. The number of aliphatic hydroxyl groups is 2. The number of halogens is 1. The highest BCUT2D eigenvalue weighted by molar-refractivity contribution is 4.85. The van der Waals surface area contributed by atoms with E-state index < -0.39 is 24.6 Å². The number of aliphatic hydroxyl groups excluding tert-OH is 2. The molecule has 4 atom stereocenters. The van der Waals surface area contributed by atoms with Crippen LogP contribution in [0.5, 0.6) is 0 Å². The van der Waals surface area contributed by atoms with E-state index in [1.54, 1.807) is 0 Å². The van der Waals surface area contributed by atoms with Crippen LogP contribution in [0.4, 0.5) is 4.39 Å². The minimum absolute atomic E-state index is 0.194. The monoisotopic (exact) mass is 151 g/mol. The molecule has 0 bridgehead atoms. The van der Waals surface area contributed by atoms with Crippen molar-refractivity contribution in [3.8, 4) is 0 Å². The minimum atomic E-state index is -1.43. The molecule has 0 saturated carbocycles. The topological polar surface area (TPSA) is 75.7 Å². The van der Waals surface area contributed by atoms with E-state index in [9.17, 15) is 4.39 Å². The summed E-state index contributed by atoms with van der Waals surface area (Å²) in [5.74, 6) is 0. The molecule has 1 aliphatic rings. The van der Waals surface area contributed by atoms with Gasteiger partial charge in [-0.2, -0.15) is 0 Å². The number of rotatable bonds is 1. The third-order valence-electron chi connectivity index (χ3n) is 1.49. The van der Waals surface area contributed by atoms with Gasteiger partial charge in [0.25, 0.3) is 0 Å². The van der Waals surface area contributed by atoms with Crippen LogP contribution in [0, 0.1) is 0 Å². The fourth-order valence-corrected chi connectivity index (χ4v) is 0.907. The number of hydrogen-bond acceptors (Lipinski definition) is 4. The summed E-state index contributed by atoms with van der Waals surface area (Å²) in [6, 6.07) is 0. The first kappa shape index (κ1) is 7.87. The highest BCUT2D eigenvalue weighted by Gasteiger charge is 2.38. The van der Waals surface area contributed by atoms with Crippen molar-refractivity contribution in [2.24, 2.45) is 5.73 Å². The standard InChI is InChI=1S/C5H10FNO3/c6-2-1-10-4(3(2)8)5(7)9/h2-5,8-9H,1,7H2/t2-,3+,4+,5?/m1/s1. The molecule has 1 aliphatic heterocycles. The van der Waals surface area contributed by atoms with Gasteiger partial charge in [0.15, 0.2) is 6.17 Å². The molecule has 0 radical (unpaired) electrons. The maximum absolute atomic E-state index is 12.4. The van der Waals surface area contributed by atoms with Gasteiger partial charge in [0, 0.05) is 0 Å². The predicted octanol–water partition coefficient (Wildman–Crippen LogP) is -1.64. The summed E-state index contributed by atoms with van der Waals surface area (Å²) < 4.78 is 17.0. The average Bonchev–Trinajstić information content (AvgIpc) is 2.14. The summed E-state index contributed by atoms with van der Waals surface area (Å²) in [5.41, 5.74) is 4.95. The van der Waals surface area contributed by atoms with Gasteiger partial charge < -0.3 is 20.7 Å². The second-order valence-electron chi connectivity index (χ2n) is 2.30. The Balaban J connectivity index is 2.49. The molecule has 5 heteroatoms. The SMILES string of the molecule is NC(O)[C@H]1OC[C@@H](F)[C@@H]1O. The first-order valence-electron chi connectivity index (χ1n) is 3.00. The van der Waals surface area contributed by atoms with Gasteiger partial charge in [0.2, 0.25) is 0 Å². The van der Waals surface area contributed by atoms with Gasteiger partial charge in [0.1, 0.15) is 18.4 Å². The van der Waals surface area contributed by atoms with E-state index in [-0.39, 0.29) is 6.61 Å². The molecule has 0 aromatic carbocycles. The molecule has 60 valence electrons. The molecule has 0 amide bonds. The molecule has 1 fully saturated rings. The number of nitrogens with two attached hydrogens (primary N) is 1. The smallest absolute Gasteiger partial charge is 0.152 e. The Morgan fingerprint density at radius 3 is 2.50 bits per heavy atom. The second kappa shape index (κ2) is 2.79. The van der Waals surface area contributed by atoms with Crippen molar-refractivity contribution in [1.82, 2.24) is 0 Å². The number of hydrogen-bond donors (Lipinski definition) is 3. The lowest BCUT2D eigenvalue weighted by Gasteiger charge is -2.15. The second-order valence-corrected chi connectivity index (χ2v) is 2.30. The Labute approximate surface area is 57.4 Å². The van der Waals surface area contributed by atoms with Crippen LogP contribution in [0.2, 0.25) is 0 Å². The van der Waals surface area contributed by atoms with E-state index >= 15 is 0 Å². The van der Waals surface area contributed by atoms with Crippen molar-refractivity contribution in [3.63, 3.8) is 0 Å². The summed E-state index contributed by atoms with van der Waals surface area (Å²) in [4.78, 5) is 0. The zero-order valence-electron chi connectivity index (χ0n) is 5.27.